The van der Waals surface area contributed by atoms with Crippen molar-refractivity contribution in [1.29, 1.82) is 0 Å². The molecule has 1 saturated heterocycles. The third kappa shape index (κ3) is 5.18. The second kappa shape index (κ2) is 10.1. The van der Waals surface area contributed by atoms with Crippen LogP contribution >= 0.6 is 0 Å². The number of likely N-dealkylation sites (N-methyl/N-ethyl adjacent to an activating group) is 1. The van der Waals surface area contributed by atoms with Crippen LogP contribution < -0.4 is 0 Å². The quantitative estimate of drug-likeness (QED) is 0.528. The van der Waals surface area contributed by atoms with Crippen LogP contribution in [0.4, 0.5) is 0 Å². The van der Waals surface area contributed by atoms with Gasteiger partial charge in [-0.3, -0.25) is 9.97 Å². The number of aromatic nitrogens is 2. The molecule has 1 saturated carbocycles. The van der Waals surface area contributed by atoms with Gasteiger partial charge in [-0.1, -0.05) is 49.6 Å². The van der Waals surface area contributed by atoms with Crippen LogP contribution in [0.15, 0.2) is 48.9 Å². The van der Waals surface area contributed by atoms with Gasteiger partial charge in [-0.15, -0.1) is 0 Å². The molecule has 0 spiro atoms. The minimum Gasteiger partial charge on any atom is -0.454 e. The lowest BCUT2D eigenvalue weighted by atomic mass is 9.73. The predicted molar refractivity (Wildman–Crippen MR) is 123 cm³/mol. The Balaban J connectivity index is 1.45. The first-order valence-electron chi connectivity index (χ1n) is 12.1. The van der Waals surface area contributed by atoms with Crippen molar-refractivity contribution in [2.24, 2.45) is 5.92 Å². The van der Waals surface area contributed by atoms with Crippen LogP contribution in [0.1, 0.15) is 56.2 Å². The molecule has 2 aliphatic rings. The second-order valence-corrected chi connectivity index (χ2v) is 9.83. The molecule has 2 unspecified atom stereocenters. The van der Waals surface area contributed by atoms with Gasteiger partial charge in [0, 0.05) is 37.4 Å². The van der Waals surface area contributed by atoms with Gasteiger partial charge in [0.25, 0.3) is 0 Å². The van der Waals surface area contributed by atoms with Crippen molar-refractivity contribution in [3.8, 4) is 0 Å². The zero-order chi connectivity index (χ0) is 22.4. The first-order chi connectivity index (χ1) is 15.5. The molecule has 0 amide bonds. The molecule has 1 aromatic carbocycles. The van der Waals surface area contributed by atoms with Crippen LogP contribution in [-0.2, 0) is 21.6 Å². The van der Waals surface area contributed by atoms with E-state index in [1.54, 1.807) is 12.4 Å². The van der Waals surface area contributed by atoms with Gasteiger partial charge in [0.2, 0.25) is 0 Å². The molecule has 2 aromatic rings. The number of hydrogen-bond acceptors (Lipinski definition) is 5. The summed E-state index contributed by atoms with van der Waals surface area (Å²) in [7, 11) is 2.22. The van der Waals surface area contributed by atoms with Crippen LogP contribution in [0.5, 0.6) is 0 Å². The number of carbonyl (C=O) groups excluding carboxylic acids is 1. The van der Waals surface area contributed by atoms with Gasteiger partial charge in [-0.05, 0) is 24.8 Å². The molecule has 0 radical (unpaired) electrons. The summed E-state index contributed by atoms with van der Waals surface area (Å²) in [5.74, 6) is -0.560. The molecule has 0 bridgehead atoms. The number of carbonyl (C=O) groups is 1. The standard InChI is InChI=1S/C26H36N3O3/c1-29(18-14-23-19-27-15-16-28-23)17-8-13-24(20-29)32-25(30)26(31,21-9-4-2-5-10-21)22-11-6-3-7-12-22/h2,4-5,9-10,15-16,19,22,24,31H,3,6-8,11-14,17-18,20H2,1H3/q+1/t24-,26?,29?/m1/s1. The number of nitrogens with zero attached hydrogens (tertiary/aromatic N) is 3. The number of aliphatic hydroxyl groups is 1. The van der Waals surface area contributed by atoms with Crippen molar-refractivity contribution in [1.82, 2.24) is 9.97 Å². The highest BCUT2D eigenvalue weighted by atomic mass is 16.6. The number of rotatable bonds is 7. The largest absolute Gasteiger partial charge is 0.454 e. The molecule has 2 heterocycles. The number of ether oxygens (including phenoxy) is 1. The van der Waals surface area contributed by atoms with E-state index in [1.165, 1.54) is 6.42 Å². The molecular formula is C26H36N3O3+. The van der Waals surface area contributed by atoms with Crippen LogP contribution in [-0.4, -0.2) is 58.3 Å². The zero-order valence-corrected chi connectivity index (χ0v) is 19.2. The summed E-state index contributed by atoms with van der Waals surface area (Å²) in [6, 6.07) is 9.40. The Morgan fingerprint density at radius 1 is 1.12 bits per heavy atom. The lowest BCUT2D eigenvalue weighted by Gasteiger charge is -2.42. The minimum atomic E-state index is -1.57. The molecule has 1 aliphatic carbocycles. The van der Waals surface area contributed by atoms with E-state index in [0.717, 1.165) is 74.8 Å². The fourth-order valence-corrected chi connectivity index (χ4v) is 5.49. The normalized spacial score (nSPS) is 26.2. The van der Waals surface area contributed by atoms with Crippen LogP contribution in [0.25, 0.3) is 0 Å². The average molecular weight is 439 g/mol. The third-order valence-corrected chi connectivity index (χ3v) is 7.39. The predicted octanol–water partition coefficient (Wildman–Crippen LogP) is 3.64. The van der Waals surface area contributed by atoms with E-state index in [4.69, 9.17) is 4.74 Å². The Morgan fingerprint density at radius 3 is 2.62 bits per heavy atom. The maximum atomic E-state index is 13.5. The number of hydrogen-bond donors (Lipinski definition) is 1. The van der Waals surface area contributed by atoms with Crippen molar-refractivity contribution in [3.63, 3.8) is 0 Å². The molecule has 2 fully saturated rings. The third-order valence-electron chi connectivity index (χ3n) is 7.39. The van der Waals surface area contributed by atoms with Gasteiger partial charge < -0.3 is 14.3 Å². The molecule has 1 aliphatic heterocycles. The van der Waals surface area contributed by atoms with Gasteiger partial charge in [0.05, 0.1) is 25.8 Å². The average Bonchev–Trinajstić information content (AvgIpc) is 2.84. The molecule has 1 aromatic heterocycles. The van der Waals surface area contributed by atoms with Gasteiger partial charge in [0.15, 0.2) is 11.7 Å². The Hall–Kier alpha value is -2.31. The van der Waals surface area contributed by atoms with E-state index < -0.39 is 11.6 Å². The van der Waals surface area contributed by atoms with Gasteiger partial charge in [-0.2, -0.15) is 0 Å². The van der Waals surface area contributed by atoms with Crippen molar-refractivity contribution >= 4 is 5.97 Å². The highest BCUT2D eigenvalue weighted by Gasteiger charge is 2.48. The lowest BCUT2D eigenvalue weighted by Crippen LogP contribution is -2.56. The van der Waals surface area contributed by atoms with Crippen LogP contribution in [0.3, 0.4) is 0 Å². The number of quaternary nitrogens is 1. The van der Waals surface area contributed by atoms with E-state index in [0.29, 0.717) is 5.56 Å². The van der Waals surface area contributed by atoms with Gasteiger partial charge in [-0.25, -0.2) is 4.79 Å². The van der Waals surface area contributed by atoms with E-state index in [1.807, 2.05) is 36.5 Å². The molecular weight excluding hydrogens is 402 g/mol. The first-order valence-corrected chi connectivity index (χ1v) is 12.1. The number of benzene rings is 1. The van der Waals surface area contributed by atoms with Crippen LogP contribution in [0.2, 0.25) is 0 Å². The summed E-state index contributed by atoms with van der Waals surface area (Å²) in [4.78, 5) is 22.1. The molecule has 172 valence electrons. The fourth-order valence-electron chi connectivity index (χ4n) is 5.49. The Kier molecular flexibility index (Phi) is 7.21. The van der Waals surface area contributed by atoms with E-state index in [9.17, 15) is 9.90 Å². The minimum absolute atomic E-state index is 0.0905. The molecule has 6 nitrogen and oxygen atoms in total. The van der Waals surface area contributed by atoms with Crippen molar-refractivity contribution < 1.29 is 19.1 Å². The summed E-state index contributed by atoms with van der Waals surface area (Å²) in [5, 5.41) is 11.8. The lowest BCUT2D eigenvalue weighted by molar-refractivity contribution is -0.916. The first kappa shape index (κ1) is 22.9. The topological polar surface area (TPSA) is 72.3 Å². The van der Waals surface area contributed by atoms with Crippen molar-refractivity contribution in [2.45, 2.75) is 63.1 Å². The highest BCUT2D eigenvalue weighted by molar-refractivity contribution is 5.81. The van der Waals surface area contributed by atoms with Crippen molar-refractivity contribution in [3.05, 3.63) is 60.2 Å². The zero-order valence-electron chi connectivity index (χ0n) is 19.2. The SMILES string of the molecule is C[N+]1(CCc2cnccn2)CCC[C@@H](OC(=O)C(O)(c2ccccc2)C2CCCCC2)C1. The highest BCUT2D eigenvalue weighted by Crippen LogP contribution is 2.41. The Morgan fingerprint density at radius 2 is 1.91 bits per heavy atom. The number of likely N-dealkylation sites (tertiary alicyclic amines) is 1. The number of piperidine rings is 1. The van der Waals surface area contributed by atoms with Gasteiger partial charge >= 0.3 is 5.97 Å². The van der Waals surface area contributed by atoms with Gasteiger partial charge in [0.1, 0.15) is 6.54 Å². The summed E-state index contributed by atoms with van der Waals surface area (Å²) in [6.07, 6.45) is 12.7. The maximum absolute atomic E-state index is 13.5. The van der Waals surface area contributed by atoms with E-state index in [2.05, 4.69) is 17.0 Å². The van der Waals surface area contributed by atoms with E-state index >= 15 is 0 Å². The summed E-state index contributed by atoms with van der Waals surface area (Å²) >= 11 is 0. The maximum Gasteiger partial charge on any atom is 0.343 e. The van der Waals surface area contributed by atoms with Crippen molar-refractivity contribution in [2.75, 3.05) is 26.7 Å². The molecule has 1 N–H and O–H groups in total. The number of esters is 1. The Bertz CT molecular complexity index is 872. The summed E-state index contributed by atoms with van der Waals surface area (Å²) < 4.78 is 6.91. The fraction of sp³-hybridized carbons (Fsp3) is 0.577. The van der Waals surface area contributed by atoms with Crippen LogP contribution in [0, 0.1) is 5.92 Å². The molecule has 3 atom stereocenters. The van der Waals surface area contributed by atoms with E-state index in [-0.39, 0.29) is 12.0 Å². The second-order valence-electron chi connectivity index (χ2n) is 9.83. The summed E-state index contributed by atoms with van der Waals surface area (Å²) in [6.45, 7) is 2.75. The summed E-state index contributed by atoms with van der Waals surface area (Å²) in [5.41, 5.74) is 0.0802. The molecule has 32 heavy (non-hydrogen) atoms. The molecule has 6 heteroatoms. The Labute approximate surface area is 191 Å². The molecule has 4 rings (SSSR count). The smallest absolute Gasteiger partial charge is 0.343 e. The monoisotopic (exact) mass is 438 g/mol.